The van der Waals surface area contributed by atoms with Crippen LogP contribution >= 0.6 is 0 Å². The number of carbonyl (C=O) groups is 3. The Balaban J connectivity index is -0.0000000216. The van der Waals surface area contributed by atoms with Crippen LogP contribution in [0.25, 0.3) is 0 Å². The van der Waals surface area contributed by atoms with Crippen molar-refractivity contribution in [1.82, 2.24) is 0 Å². The molecule has 0 bridgehead atoms. The Bertz CT molecular complexity index is 178. The van der Waals surface area contributed by atoms with E-state index in [1.807, 2.05) is 0 Å². The predicted molar refractivity (Wildman–Crippen MR) is 79.2 cm³/mol. The summed E-state index contributed by atoms with van der Waals surface area (Å²) >= 11 is 0. The van der Waals surface area contributed by atoms with Crippen LogP contribution in [0.5, 0.6) is 0 Å². The van der Waals surface area contributed by atoms with Crippen LogP contribution in [0, 0.1) is 0 Å². The van der Waals surface area contributed by atoms with Gasteiger partial charge in [-0.3, -0.25) is 14.4 Å². The van der Waals surface area contributed by atoms with Gasteiger partial charge in [0, 0.05) is 56.9 Å². The fraction of sp³-hybridized carbons (Fsp3) is 0.625. The van der Waals surface area contributed by atoms with Gasteiger partial charge in [0.05, 0.1) is 0 Å². The molecule has 1 unspecified atom stereocenters. The molecular weight excluding hydrogens is 305 g/mol. The topological polar surface area (TPSA) is 184 Å². The Morgan fingerprint density at radius 1 is 0.900 bits per heavy atom. The van der Waals surface area contributed by atoms with Crippen molar-refractivity contribution in [3.05, 3.63) is 0 Å². The minimum absolute atomic E-state index is 0. The largest absolute Gasteiger partial charge is 0 e. The molecule has 0 aliphatic rings. The van der Waals surface area contributed by atoms with Gasteiger partial charge in [-0.15, -0.1) is 0 Å². The average molecular weight is 327 g/mol. The second-order valence-electron chi connectivity index (χ2n) is 2.36. The number of aliphatic hydroxyl groups is 1. The van der Waals surface area contributed by atoms with E-state index in [-0.39, 0.29) is 95.2 Å². The Labute approximate surface area is 184 Å². The minimum Gasteiger partial charge on any atom is 0 e. The van der Waals surface area contributed by atoms with Crippen molar-refractivity contribution in [1.29, 1.82) is 0 Å². The maximum absolute atomic E-state index is 9.00. The second-order valence-corrected chi connectivity index (χ2v) is 2.36. The van der Waals surface area contributed by atoms with Gasteiger partial charge in [0.2, 0.25) is 0 Å². The third-order valence-corrected chi connectivity index (χ3v) is 0.241. The van der Waals surface area contributed by atoms with Crippen LogP contribution in [0.3, 0.4) is 0 Å². The van der Waals surface area contributed by atoms with Crippen molar-refractivity contribution in [2.24, 2.45) is 11.5 Å². The van der Waals surface area contributed by atoms with Crippen LogP contribution in [0.15, 0.2) is 0 Å². The van der Waals surface area contributed by atoms with E-state index in [0.717, 1.165) is 20.8 Å². The number of nitrogens with two attached hydrogens (primary N) is 2. The Hall–Kier alpha value is 1.29. The van der Waals surface area contributed by atoms with Crippen LogP contribution in [0.1, 0.15) is 20.8 Å². The van der Waals surface area contributed by atoms with E-state index in [4.69, 9.17) is 46.3 Å². The summed E-state index contributed by atoms with van der Waals surface area (Å²) in [5, 5.41) is 30.3. The zero-order chi connectivity index (χ0) is 15.0. The molecule has 0 fully saturated rings. The van der Waals surface area contributed by atoms with Crippen molar-refractivity contribution in [2.45, 2.75) is 27.0 Å². The third-order valence-electron chi connectivity index (χ3n) is 0.241. The van der Waals surface area contributed by atoms with Gasteiger partial charge in [0.25, 0.3) is 17.9 Å². The van der Waals surface area contributed by atoms with E-state index in [9.17, 15) is 0 Å². The van der Waals surface area contributed by atoms with Crippen LogP contribution < -0.4 is 11.5 Å². The van der Waals surface area contributed by atoms with E-state index in [1.54, 1.807) is 0 Å². The molecule has 0 aromatic rings. The molecule has 20 heavy (non-hydrogen) atoms. The number of rotatable bonds is 1. The SMILES string of the molecule is CC(=O)O.CC(=O)O.CC(=O)O.NCC(N)O.[NaH].[NaH].[Na]. The monoisotopic (exact) mass is 327 g/mol. The number of aliphatic hydroxyl groups excluding tert-OH is 1. The molecule has 0 aromatic carbocycles. The molecular formula is C8H22N2Na3O7. The first kappa shape index (κ1) is 42.9. The molecule has 8 N–H and O–H groups in total. The molecule has 0 heterocycles. The van der Waals surface area contributed by atoms with Crippen molar-refractivity contribution in [3.63, 3.8) is 0 Å². The fourth-order valence-corrected chi connectivity index (χ4v) is 0. The number of carboxylic acids is 3. The van der Waals surface area contributed by atoms with Crippen LogP contribution in [0.4, 0.5) is 0 Å². The second kappa shape index (κ2) is 37.0. The summed E-state index contributed by atoms with van der Waals surface area (Å²) < 4.78 is 0. The molecule has 0 saturated carbocycles. The Kier molecular flexibility index (Phi) is 79.3. The molecule has 12 heteroatoms. The first-order valence-corrected chi connectivity index (χ1v) is 4.19. The van der Waals surface area contributed by atoms with Gasteiger partial charge < -0.3 is 31.9 Å². The summed E-state index contributed by atoms with van der Waals surface area (Å²) in [7, 11) is 0. The molecule has 9 nitrogen and oxygen atoms in total. The number of hydrogen-bond acceptors (Lipinski definition) is 6. The molecule has 0 aliphatic heterocycles. The summed E-state index contributed by atoms with van der Waals surface area (Å²) in [6, 6.07) is 0. The van der Waals surface area contributed by atoms with Crippen molar-refractivity contribution >= 4 is 107 Å². The van der Waals surface area contributed by atoms with E-state index in [0.29, 0.717) is 0 Å². The van der Waals surface area contributed by atoms with Gasteiger partial charge in [-0.25, -0.2) is 0 Å². The molecule has 0 amide bonds. The molecule has 0 spiro atoms. The Morgan fingerprint density at radius 2 is 0.950 bits per heavy atom. The van der Waals surface area contributed by atoms with Gasteiger partial charge in [-0.1, -0.05) is 0 Å². The number of hydrogen-bond donors (Lipinski definition) is 6. The van der Waals surface area contributed by atoms with Crippen LogP contribution in [-0.4, -0.2) is 140 Å². The molecule has 0 saturated heterocycles. The van der Waals surface area contributed by atoms with Gasteiger partial charge in [0.15, 0.2) is 0 Å². The van der Waals surface area contributed by atoms with Crippen molar-refractivity contribution < 1.29 is 34.8 Å². The summed E-state index contributed by atoms with van der Waals surface area (Å²) in [5.74, 6) is -2.50. The zero-order valence-corrected chi connectivity index (χ0v) is 13.0. The molecule has 0 aromatic heterocycles. The fourth-order valence-electron chi connectivity index (χ4n) is 0. The molecule has 0 rings (SSSR count). The molecule has 109 valence electrons. The Morgan fingerprint density at radius 3 is 0.950 bits per heavy atom. The normalized spacial score (nSPS) is 7.50. The standard InChI is InChI=1S/C2H8N2O.3C2H4O2.3Na.2H/c3-1-2(4)5;3*1-2(3)4;;;;;/h2,5H,1,3-4H2;3*1H3,(H,3,4);;;;;. The zero-order valence-electron chi connectivity index (χ0n) is 11.0. The summed E-state index contributed by atoms with van der Waals surface area (Å²) in [5.41, 5.74) is 9.52. The molecule has 1 atom stereocenters. The smallest absolute Gasteiger partial charge is 0 e. The summed E-state index contributed by atoms with van der Waals surface area (Å²) in [6.45, 7) is 3.39. The van der Waals surface area contributed by atoms with E-state index in [2.05, 4.69) is 0 Å². The molecule has 1 radical (unpaired) electrons. The number of aliphatic carboxylic acids is 3. The van der Waals surface area contributed by atoms with E-state index < -0.39 is 24.1 Å². The molecule has 0 aliphatic carbocycles. The van der Waals surface area contributed by atoms with Crippen LogP contribution in [0.2, 0.25) is 0 Å². The van der Waals surface area contributed by atoms with Gasteiger partial charge in [-0.2, -0.15) is 0 Å². The maximum Gasteiger partial charge on any atom is 0 e. The minimum atomic E-state index is -0.838. The van der Waals surface area contributed by atoms with Crippen molar-refractivity contribution in [3.8, 4) is 0 Å². The van der Waals surface area contributed by atoms with Gasteiger partial charge >= 0.3 is 59.1 Å². The first-order chi connectivity index (χ1) is 7.47. The van der Waals surface area contributed by atoms with E-state index >= 15 is 0 Å². The number of carboxylic acid groups (broad SMARTS) is 3. The van der Waals surface area contributed by atoms with E-state index in [1.165, 1.54) is 0 Å². The van der Waals surface area contributed by atoms with Gasteiger partial charge in [-0.05, 0) is 0 Å². The van der Waals surface area contributed by atoms with Crippen LogP contribution in [-0.2, 0) is 14.4 Å². The van der Waals surface area contributed by atoms with Gasteiger partial charge in [0.1, 0.15) is 6.23 Å². The maximum atomic E-state index is 9.00. The third kappa shape index (κ3) is 596. The average Bonchev–Trinajstić information content (AvgIpc) is 2.00. The quantitative estimate of drug-likeness (QED) is 0.213. The summed E-state index contributed by atoms with van der Waals surface area (Å²) in [6.07, 6.45) is -0.838. The summed E-state index contributed by atoms with van der Waals surface area (Å²) in [4.78, 5) is 27.0. The first-order valence-electron chi connectivity index (χ1n) is 4.19. The van der Waals surface area contributed by atoms with Crippen molar-refractivity contribution in [2.75, 3.05) is 6.54 Å². The predicted octanol–water partition coefficient (Wildman–Crippen LogP) is -3.18.